The minimum absolute atomic E-state index is 0.0210. The summed E-state index contributed by atoms with van der Waals surface area (Å²) in [6.07, 6.45) is 5.46. The van der Waals surface area contributed by atoms with E-state index < -0.39 is 24.7 Å². The average Bonchev–Trinajstić information content (AvgIpc) is 3.35. The number of hydrogen-bond acceptors (Lipinski definition) is 6. The van der Waals surface area contributed by atoms with Crippen molar-refractivity contribution in [2.45, 2.75) is 37.7 Å². The van der Waals surface area contributed by atoms with Crippen molar-refractivity contribution in [3.05, 3.63) is 54.6 Å². The summed E-state index contributed by atoms with van der Waals surface area (Å²) in [7, 11) is 3.42. The number of nitrogens with zero attached hydrogens (tertiary/aromatic N) is 3. The van der Waals surface area contributed by atoms with E-state index in [1.807, 2.05) is 35.3 Å². The molecule has 39 heavy (non-hydrogen) atoms. The van der Waals surface area contributed by atoms with E-state index in [1.165, 1.54) is 19.4 Å². The van der Waals surface area contributed by atoms with Gasteiger partial charge in [0.25, 0.3) is 5.91 Å². The molecule has 1 aliphatic heterocycles. The number of carbonyl (C=O) groups excluding carboxylic acids is 1. The molecule has 204 valence electrons. The first kappa shape index (κ1) is 25.3. The molecule has 4 aromatic rings. The number of likely N-dealkylation sites (tertiary alicyclic amines) is 1. The lowest BCUT2D eigenvalue weighted by atomic mass is 9.99. The highest BCUT2D eigenvalue weighted by Gasteiger charge is 2.40. The van der Waals surface area contributed by atoms with Crippen LogP contribution < -0.4 is 14.8 Å². The van der Waals surface area contributed by atoms with Gasteiger partial charge in [-0.15, -0.1) is 0 Å². The van der Waals surface area contributed by atoms with E-state index >= 15 is 0 Å². The monoisotopic (exact) mass is 540 g/mol. The number of nitrogens with one attached hydrogen (secondary N) is 1. The van der Waals surface area contributed by atoms with Gasteiger partial charge < -0.3 is 24.1 Å². The number of aromatic nitrogens is 2. The van der Waals surface area contributed by atoms with Crippen LogP contribution in [0.5, 0.6) is 11.5 Å². The fraction of sp³-hybridized carbons (Fsp3) is 0.357. The van der Waals surface area contributed by atoms with Crippen LogP contribution in [0.2, 0.25) is 0 Å². The van der Waals surface area contributed by atoms with E-state index in [2.05, 4.69) is 22.4 Å². The highest BCUT2D eigenvalue weighted by atomic mass is 19.3. The zero-order chi connectivity index (χ0) is 27.3. The Balaban J connectivity index is 1.33. The van der Waals surface area contributed by atoms with Gasteiger partial charge in [-0.2, -0.15) is 13.9 Å². The van der Waals surface area contributed by atoms with Crippen LogP contribution >= 0.6 is 0 Å². The van der Waals surface area contributed by atoms with Crippen LogP contribution in [-0.4, -0.2) is 66.7 Å². The van der Waals surface area contributed by atoms with E-state index in [0.29, 0.717) is 22.8 Å². The van der Waals surface area contributed by atoms with Crippen molar-refractivity contribution < 1.29 is 31.9 Å². The lowest BCUT2D eigenvalue weighted by Crippen LogP contribution is -2.28. The van der Waals surface area contributed by atoms with Crippen LogP contribution in [0.1, 0.15) is 29.2 Å². The largest absolute Gasteiger partial charge is 0.496 e. The molecule has 8 nitrogen and oxygen atoms in total. The molecule has 1 amide bonds. The molecule has 3 atom stereocenters. The minimum atomic E-state index is -3.18. The molecule has 3 heterocycles. The zero-order valence-corrected chi connectivity index (χ0v) is 21.4. The number of furan rings is 1. The van der Waals surface area contributed by atoms with E-state index in [9.17, 15) is 18.0 Å². The number of benzene rings is 2. The molecule has 1 aliphatic carbocycles. The maximum atomic E-state index is 13.4. The molecule has 0 radical (unpaired) electrons. The van der Waals surface area contributed by atoms with Crippen LogP contribution in [0.15, 0.2) is 53.4 Å². The van der Waals surface area contributed by atoms with E-state index in [0.717, 1.165) is 36.0 Å². The van der Waals surface area contributed by atoms with Crippen LogP contribution in [0.3, 0.4) is 0 Å². The number of halogens is 3. The number of hydrogen-bond donors (Lipinski definition) is 1. The van der Waals surface area contributed by atoms with Crippen molar-refractivity contribution in [3.63, 3.8) is 0 Å². The number of carbonyl (C=O) groups is 1. The lowest BCUT2D eigenvalue weighted by Gasteiger charge is -2.16. The molecule has 0 spiro atoms. The Morgan fingerprint density at radius 1 is 1.18 bits per heavy atom. The Morgan fingerprint density at radius 3 is 2.67 bits per heavy atom. The average molecular weight is 541 g/mol. The molecule has 11 heteroatoms. The molecular weight excluding hydrogens is 513 g/mol. The molecule has 1 unspecified atom stereocenters. The van der Waals surface area contributed by atoms with Crippen LogP contribution in [0.4, 0.5) is 13.2 Å². The van der Waals surface area contributed by atoms with Crippen molar-refractivity contribution in [1.82, 2.24) is 20.0 Å². The van der Waals surface area contributed by atoms with Crippen molar-refractivity contribution >= 4 is 16.9 Å². The third-order valence-electron chi connectivity index (χ3n) is 7.32. The summed E-state index contributed by atoms with van der Waals surface area (Å²) in [6, 6.07) is 8.31. The van der Waals surface area contributed by atoms with Gasteiger partial charge in [-0.1, -0.05) is 6.07 Å². The smallest absolute Gasteiger partial charge is 0.387 e. The molecule has 2 aromatic carbocycles. The normalized spacial score (nSPS) is 21.0. The second-order valence-electron chi connectivity index (χ2n) is 10.0. The van der Waals surface area contributed by atoms with Crippen LogP contribution in [-0.2, 0) is 0 Å². The second-order valence-corrected chi connectivity index (χ2v) is 10.0. The molecule has 2 aliphatic rings. The van der Waals surface area contributed by atoms with Gasteiger partial charge in [-0.25, -0.2) is 4.39 Å². The molecule has 1 saturated carbocycles. The van der Waals surface area contributed by atoms with Gasteiger partial charge in [0.15, 0.2) is 0 Å². The molecule has 0 bridgehead atoms. The number of rotatable bonds is 8. The Kier molecular flexibility index (Phi) is 6.46. The van der Waals surface area contributed by atoms with Crippen molar-refractivity contribution in [2.75, 3.05) is 27.2 Å². The Bertz CT molecular complexity index is 1530. The quantitative estimate of drug-likeness (QED) is 0.327. The van der Waals surface area contributed by atoms with Gasteiger partial charge in [-0.3, -0.25) is 9.48 Å². The maximum Gasteiger partial charge on any atom is 0.387 e. The van der Waals surface area contributed by atoms with Gasteiger partial charge >= 0.3 is 6.61 Å². The Morgan fingerprint density at radius 2 is 1.97 bits per heavy atom. The second kappa shape index (κ2) is 9.96. The highest BCUT2D eigenvalue weighted by molar-refractivity contribution is 6.02. The number of amides is 1. The van der Waals surface area contributed by atoms with Gasteiger partial charge in [0.1, 0.15) is 28.8 Å². The summed E-state index contributed by atoms with van der Waals surface area (Å²) < 4.78 is 57.9. The Hall–Kier alpha value is -3.99. The summed E-state index contributed by atoms with van der Waals surface area (Å²) in [5.74, 6) is -1.10. The van der Waals surface area contributed by atoms with Crippen LogP contribution in [0.25, 0.3) is 33.2 Å². The number of likely N-dealkylation sites (N-methyl/N-ethyl adjacent to an activating group) is 1. The lowest BCUT2D eigenvalue weighted by molar-refractivity contribution is -0.0502. The number of methoxy groups -OCH3 is 1. The SMILES string of the molecule is COc1cc(-c2coc3cc(-c4cnn(C5CCN(C)C5)c4)ccc23)cc(OC(F)F)c1C(=O)N[C@@H]1C[C@@H]1F. The van der Waals surface area contributed by atoms with Crippen molar-refractivity contribution in [1.29, 1.82) is 0 Å². The van der Waals surface area contributed by atoms with E-state index in [-0.39, 0.29) is 23.5 Å². The van der Waals surface area contributed by atoms with E-state index in [1.54, 1.807) is 6.07 Å². The fourth-order valence-corrected chi connectivity index (χ4v) is 5.12. The molecular formula is C28H27F3N4O4. The minimum Gasteiger partial charge on any atom is -0.496 e. The number of ether oxygens (including phenoxy) is 2. The number of alkyl halides is 3. The Labute approximate surface area is 222 Å². The van der Waals surface area contributed by atoms with E-state index in [4.69, 9.17) is 13.9 Å². The van der Waals surface area contributed by atoms with Gasteiger partial charge in [-0.05, 0) is 55.4 Å². The third-order valence-corrected chi connectivity index (χ3v) is 7.32. The van der Waals surface area contributed by atoms with Gasteiger partial charge in [0.2, 0.25) is 0 Å². The first-order valence-corrected chi connectivity index (χ1v) is 12.7. The predicted octanol–water partition coefficient (Wildman–Crippen LogP) is 5.29. The standard InChI is InChI=1S/C28H27F3N4O4/c1-34-6-5-18(13-34)35-12-17(11-32-35)15-3-4-19-20(14-38-23(19)7-15)16-8-24(37-2)26(25(9-16)39-28(30)31)27(36)33-22-10-21(22)29/h3-4,7-9,11-12,14,18,21-22,28H,5-6,10,13H2,1-2H3,(H,33,36)/t18?,21-,22+/m0/s1. The summed E-state index contributed by atoms with van der Waals surface area (Å²) in [4.78, 5) is 15.1. The zero-order valence-electron chi connectivity index (χ0n) is 21.4. The summed E-state index contributed by atoms with van der Waals surface area (Å²) in [5, 5.41) is 7.79. The predicted molar refractivity (Wildman–Crippen MR) is 138 cm³/mol. The van der Waals surface area contributed by atoms with Gasteiger partial charge in [0.05, 0.1) is 31.7 Å². The third kappa shape index (κ3) is 4.94. The fourth-order valence-electron chi connectivity index (χ4n) is 5.12. The first-order valence-electron chi connectivity index (χ1n) is 12.7. The van der Waals surface area contributed by atoms with Gasteiger partial charge in [0, 0.05) is 35.7 Å². The topological polar surface area (TPSA) is 81.8 Å². The summed E-state index contributed by atoms with van der Waals surface area (Å²) in [6.45, 7) is -1.18. The summed E-state index contributed by atoms with van der Waals surface area (Å²) >= 11 is 0. The van der Waals surface area contributed by atoms with Crippen molar-refractivity contribution in [3.8, 4) is 33.8 Å². The van der Waals surface area contributed by atoms with Crippen molar-refractivity contribution in [2.24, 2.45) is 0 Å². The van der Waals surface area contributed by atoms with Crippen LogP contribution in [0, 0.1) is 0 Å². The number of fused-ring (bicyclic) bond motifs is 1. The highest BCUT2D eigenvalue weighted by Crippen LogP contribution is 2.40. The summed E-state index contributed by atoms with van der Waals surface area (Å²) in [5.41, 5.74) is 3.32. The molecule has 1 saturated heterocycles. The first-order chi connectivity index (χ1) is 18.8. The molecule has 2 fully saturated rings. The molecule has 2 aromatic heterocycles. The maximum absolute atomic E-state index is 13.4. The molecule has 6 rings (SSSR count). The molecule has 1 N–H and O–H groups in total.